The highest BCUT2D eigenvalue weighted by Gasteiger charge is 2.31. The molecule has 1 unspecified atom stereocenters. The highest BCUT2D eigenvalue weighted by Crippen LogP contribution is 2.33. The van der Waals surface area contributed by atoms with Gasteiger partial charge in [0.1, 0.15) is 11.3 Å². The Labute approximate surface area is 171 Å². The van der Waals surface area contributed by atoms with Crippen molar-refractivity contribution in [2.75, 3.05) is 13.1 Å². The summed E-state index contributed by atoms with van der Waals surface area (Å²) in [5.74, 6) is 1.25. The van der Waals surface area contributed by atoms with Crippen LogP contribution in [0, 0.1) is 13.8 Å². The Morgan fingerprint density at radius 1 is 1.24 bits per heavy atom. The van der Waals surface area contributed by atoms with Gasteiger partial charge in [-0.3, -0.25) is 9.78 Å². The van der Waals surface area contributed by atoms with Crippen LogP contribution in [-0.2, 0) is 10.4 Å². The molecule has 29 heavy (non-hydrogen) atoms. The van der Waals surface area contributed by atoms with Crippen molar-refractivity contribution >= 4 is 16.9 Å². The number of hydrogen-bond donors (Lipinski definition) is 2. The average Bonchev–Trinajstić information content (AvgIpc) is 3.11. The van der Waals surface area contributed by atoms with Crippen LogP contribution in [0.1, 0.15) is 54.7 Å². The van der Waals surface area contributed by atoms with E-state index in [0.29, 0.717) is 19.0 Å². The second kappa shape index (κ2) is 7.59. The number of carbonyl (C=O) groups excluding carboxylic acids is 1. The molecule has 4 rings (SSSR count). The van der Waals surface area contributed by atoms with Gasteiger partial charge in [-0.2, -0.15) is 0 Å². The van der Waals surface area contributed by atoms with Crippen molar-refractivity contribution < 1.29 is 9.90 Å². The van der Waals surface area contributed by atoms with Gasteiger partial charge >= 0.3 is 0 Å². The summed E-state index contributed by atoms with van der Waals surface area (Å²) in [4.78, 5) is 27.2. The second-order valence-electron chi connectivity index (χ2n) is 8.32. The molecule has 1 aliphatic rings. The number of aromatic nitrogens is 3. The molecule has 1 aliphatic heterocycles. The number of carbonyl (C=O) groups is 1. The zero-order valence-electron chi connectivity index (χ0n) is 17.3. The highest BCUT2D eigenvalue weighted by atomic mass is 16.3. The summed E-state index contributed by atoms with van der Waals surface area (Å²) in [6.45, 7) is 7.03. The topological polar surface area (TPSA) is 82.1 Å². The highest BCUT2D eigenvalue weighted by molar-refractivity contribution is 5.81. The molecule has 6 nitrogen and oxygen atoms in total. The molecule has 1 atom stereocenters. The average molecular weight is 393 g/mol. The van der Waals surface area contributed by atoms with Gasteiger partial charge in [0.2, 0.25) is 5.91 Å². The first-order valence-corrected chi connectivity index (χ1v) is 10.2. The Hall–Kier alpha value is -2.73. The first kappa shape index (κ1) is 19.6. The van der Waals surface area contributed by atoms with Gasteiger partial charge in [-0.25, -0.2) is 4.98 Å². The number of hydrogen-bond acceptors (Lipinski definition) is 4. The summed E-state index contributed by atoms with van der Waals surface area (Å²) >= 11 is 0. The molecule has 1 amide bonds. The van der Waals surface area contributed by atoms with Crippen molar-refractivity contribution in [1.82, 2.24) is 19.9 Å². The monoisotopic (exact) mass is 392 g/mol. The number of aliphatic hydroxyl groups is 1. The van der Waals surface area contributed by atoms with Crippen molar-refractivity contribution in [3.8, 4) is 0 Å². The zero-order valence-corrected chi connectivity index (χ0v) is 17.3. The molecule has 1 aromatic carbocycles. The van der Waals surface area contributed by atoms with Crippen LogP contribution in [-0.4, -0.2) is 44.0 Å². The van der Waals surface area contributed by atoms with Gasteiger partial charge in [-0.1, -0.05) is 30.3 Å². The number of likely N-dealkylation sites (tertiary alicyclic amines) is 1. The number of amides is 1. The van der Waals surface area contributed by atoms with Crippen LogP contribution in [0.3, 0.4) is 0 Å². The molecule has 3 aromatic rings. The molecule has 1 saturated heterocycles. The Kier molecular flexibility index (Phi) is 5.13. The van der Waals surface area contributed by atoms with Crippen molar-refractivity contribution in [1.29, 1.82) is 0 Å². The van der Waals surface area contributed by atoms with E-state index in [4.69, 9.17) is 0 Å². The standard InChI is InChI=1S/C23H28N4O2/c1-15-21-22(26-16(2)25-21)19(14-24-15)17-9-11-27(12-10-17)20(28)13-23(3,29)18-7-5-4-6-8-18/h4-8,14,17,29H,9-13H2,1-3H3,(H,25,26). The minimum Gasteiger partial charge on any atom is -0.385 e. The van der Waals surface area contributed by atoms with Gasteiger partial charge < -0.3 is 15.0 Å². The van der Waals surface area contributed by atoms with Crippen molar-refractivity contribution in [3.05, 3.63) is 59.2 Å². The molecule has 0 bridgehead atoms. The minimum absolute atomic E-state index is 0.00173. The Bertz CT molecular complexity index is 1020. The number of imidazole rings is 1. The summed E-state index contributed by atoms with van der Waals surface area (Å²) in [5, 5.41) is 10.8. The minimum atomic E-state index is -1.16. The number of aromatic amines is 1. The van der Waals surface area contributed by atoms with Gasteiger partial charge in [0.25, 0.3) is 0 Å². The van der Waals surface area contributed by atoms with Gasteiger partial charge in [-0.05, 0) is 50.7 Å². The van der Waals surface area contributed by atoms with E-state index >= 15 is 0 Å². The fourth-order valence-corrected chi connectivity index (χ4v) is 4.31. The van der Waals surface area contributed by atoms with Crippen molar-refractivity contribution in [2.45, 2.75) is 51.6 Å². The largest absolute Gasteiger partial charge is 0.385 e. The third-order valence-corrected chi connectivity index (χ3v) is 6.03. The number of H-pyrrole nitrogens is 1. The molecule has 0 saturated carbocycles. The van der Waals surface area contributed by atoms with E-state index in [9.17, 15) is 9.90 Å². The van der Waals surface area contributed by atoms with E-state index in [1.165, 1.54) is 5.56 Å². The van der Waals surface area contributed by atoms with Gasteiger partial charge in [0, 0.05) is 19.3 Å². The third-order valence-electron chi connectivity index (χ3n) is 6.03. The van der Waals surface area contributed by atoms with Crippen LogP contribution in [0.2, 0.25) is 0 Å². The van der Waals surface area contributed by atoms with E-state index in [1.54, 1.807) is 6.92 Å². The van der Waals surface area contributed by atoms with E-state index in [0.717, 1.165) is 41.0 Å². The fourth-order valence-electron chi connectivity index (χ4n) is 4.31. The van der Waals surface area contributed by atoms with Crippen LogP contribution in [0.15, 0.2) is 36.5 Å². The number of nitrogens with zero attached hydrogens (tertiary/aromatic N) is 3. The normalized spacial score (nSPS) is 17.4. The molecular weight excluding hydrogens is 364 g/mol. The molecule has 0 aliphatic carbocycles. The van der Waals surface area contributed by atoms with Gasteiger partial charge in [-0.15, -0.1) is 0 Å². The summed E-state index contributed by atoms with van der Waals surface area (Å²) in [6.07, 6.45) is 3.82. The number of piperidine rings is 1. The van der Waals surface area contributed by atoms with E-state index in [-0.39, 0.29) is 12.3 Å². The maximum absolute atomic E-state index is 12.8. The zero-order chi connectivity index (χ0) is 20.6. The number of pyridine rings is 1. The first-order valence-electron chi connectivity index (χ1n) is 10.2. The van der Waals surface area contributed by atoms with Crippen molar-refractivity contribution in [3.63, 3.8) is 0 Å². The smallest absolute Gasteiger partial charge is 0.225 e. The fraction of sp³-hybridized carbons (Fsp3) is 0.435. The number of fused-ring (bicyclic) bond motifs is 1. The molecule has 2 aromatic heterocycles. The predicted molar refractivity (Wildman–Crippen MR) is 113 cm³/mol. The van der Waals surface area contributed by atoms with Crippen molar-refractivity contribution in [2.24, 2.45) is 0 Å². The number of aryl methyl sites for hydroxylation is 2. The molecule has 2 N–H and O–H groups in total. The van der Waals surface area contributed by atoms with Crippen LogP contribution in [0.5, 0.6) is 0 Å². The third kappa shape index (κ3) is 3.90. The number of rotatable bonds is 4. The van der Waals surface area contributed by atoms with E-state index in [1.807, 2.05) is 55.3 Å². The van der Waals surface area contributed by atoms with E-state index in [2.05, 4.69) is 15.0 Å². The second-order valence-corrected chi connectivity index (χ2v) is 8.32. The summed E-state index contributed by atoms with van der Waals surface area (Å²) < 4.78 is 0. The molecule has 3 heterocycles. The maximum atomic E-state index is 12.8. The molecule has 1 fully saturated rings. The predicted octanol–water partition coefficient (Wildman–Crippen LogP) is 3.58. The maximum Gasteiger partial charge on any atom is 0.225 e. The summed E-state index contributed by atoms with van der Waals surface area (Å²) in [6, 6.07) is 9.40. The Balaban J connectivity index is 1.43. The summed E-state index contributed by atoms with van der Waals surface area (Å²) in [7, 11) is 0. The molecule has 152 valence electrons. The molecular formula is C23H28N4O2. The quantitative estimate of drug-likeness (QED) is 0.711. The Morgan fingerprint density at radius 3 is 2.62 bits per heavy atom. The molecule has 0 spiro atoms. The lowest BCUT2D eigenvalue weighted by Gasteiger charge is -2.34. The van der Waals surface area contributed by atoms with Gasteiger partial charge in [0.15, 0.2) is 0 Å². The molecule has 0 radical (unpaired) electrons. The first-order chi connectivity index (χ1) is 13.8. The lowest BCUT2D eigenvalue weighted by molar-refractivity contribution is -0.137. The Morgan fingerprint density at radius 2 is 1.93 bits per heavy atom. The SMILES string of the molecule is Cc1nc2c(C)ncc(C3CCN(C(=O)CC(C)(O)c4ccccc4)CC3)c2[nH]1. The van der Waals surface area contributed by atoms with Crippen LogP contribution < -0.4 is 0 Å². The lowest BCUT2D eigenvalue weighted by atomic mass is 9.88. The van der Waals surface area contributed by atoms with Gasteiger partial charge in [0.05, 0.1) is 23.2 Å². The van der Waals surface area contributed by atoms with E-state index < -0.39 is 5.60 Å². The lowest BCUT2D eigenvalue weighted by Crippen LogP contribution is -2.41. The van der Waals surface area contributed by atoms with Crippen LogP contribution in [0.4, 0.5) is 0 Å². The number of nitrogens with one attached hydrogen (secondary N) is 1. The summed E-state index contributed by atoms with van der Waals surface area (Å²) in [5.41, 5.74) is 3.75. The van der Waals surface area contributed by atoms with Crippen LogP contribution in [0.25, 0.3) is 11.0 Å². The molecule has 6 heteroatoms. The number of benzene rings is 1. The van der Waals surface area contributed by atoms with Crippen LogP contribution >= 0.6 is 0 Å².